The normalized spacial score (nSPS) is 8.57. The molecular formula is HFeNaO4Si. The van der Waals surface area contributed by atoms with Crippen molar-refractivity contribution in [3.05, 3.63) is 0 Å². The van der Waals surface area contributed by atoms with Gasteiger partial charge in [0.15, 0.2) is 0 Å². The topological polar surface area (TPSA) is 89.4 Å². The maximum Gasteiger partial charge on any atom is 2.00 e. The van der Waals surface area contributed by atoms with Gasteiger partial charge in [-0.1, -0.05) is 0 Å². The van der Waals surface area contributed by atoms with E-state index >= 15 is 0 Å². The van der Waals surface area contributed by atoms with Crippen molar-refractivity contribution in [3.8, 4) is 0 Å². The molecular weight excluding hydrogens is 171 g/mol. The molecule has 1 N–H and O–H groups in total. The van der Waals surface area contributed by atoms with Gasteiger partial charge in [-0.15, -0.1) is 9.05 Å². The van der Waals surface area contributed by atoms with Gasteiger partial charge in [0.1, 0.15) is 0 Å². The summed E-state index contributed by atoms with van der Waals surface area (Å²) in [6, 6.07) is 0. The van der Waals surface area contributed by atoms with E-state index in [4.69, 9.17) is 19.2 Å². The van der Waals surface area contributed by atoms with E-state index in [1.54, 1.807) is 0 Å². The third-order valence-electron chi connectivity index (χ3n) is 0. The first-order chi connectivity index (χ1) is 2.00. The summed E-state index contributed by atoms with van der Waals surface area (Å²) in [7, 11) is -5.36. The van der Waals surface area contributed by atoms with Crippen LogP contribution in [0.1, 0.15) is 0 Å². The standard InChI is InChI=1S/Fe.Na.HO4Si/c;;1-5(2,3)4/h;;1H/q+2;+1;-3. The fourth-order valence-corrected chi connectivity index (χ4v) is 0. The van der Waals surface area contributed by atoms with Crippen molar-refractivity contribution in [2.24, 2.45) is 0 Å². The Hall–Kier alpha value is 1.58. The van der Waals surface area contributed by atoms with Crippen LogP contribution in [0.15, 0.2) is 0 Å². The largest absolute Gasteiger partial charge is 2.00 e. The average molecular weight is 172 g/mol. The second-order valence-corrected chi connectivity index (χ2v) is 1.57. The molecule has 4 nitrogen and oxygen atoms in total. The molecule has 0 spiro atoms. The van der Waals surface area contributed by atoms with Crippen LogP contribution in [0.2, 0.25) is 0 Å². The molecule has 0 aromatic heterocycles. The quantitative estimate of drug-likeness (QED) is 0.367. The van der Waals surface area contributed by atoms with Gasteiger partial charge in [-0.3, -0.25) is 0 Å². The average Bonchev–Trinajstić information content (AvgIpc) is 0.722. The summed E-state index contributed by atoms with van der Waals surface area (Å²) in [6.07, 6.45) is 0. The Kier molecular flexibility index (Phi) is 12.9. The molecule has 7 heavy (non-hydrogen) atoms. The molecule has 0 fully saturated rings. The van der Waals surface area contributed by atoms with Crippen LogP contribution in [-0.4, -0.2) is 13.8 Å². The minimum atomic E-state index is -5.36. The van der Waals surface area contributed by atoms with Crippen LogP contribution in [0.25, 0.3) is 0 Å². The summed E-state index contributed by atoms with van der Waals surface area (Å²) >= 11 is 0. The Morgan fingerprint density at radius 2 is 1.14 bits per heavy atom. The SMILES string of the molecule is [Fe+2].[Na+].[O-][Si]([O-])([O-])O. The van der Waals surface area contributed by atoms with E-state index in [-0.39, 0.29) is 46.6 Å². The van der Waals surface area contributed by atoms with Gasteiger partial charge < -0.3 is 19.2 Å². The molecule has 0 aromatic carbocycles. The van der Waals surface area contributed by atoms with Gasteiger partial charge in [0.05, 0.1) is 0 Å². The van der Waals surface area contributed by atoms with Crippen molar-refractivity contribution < 1.29 is 65.8 Å². The molecule has 0 aliphatic rings. The van der Waals surface area contributed by atoms with E-state index in [1.807, 2.05) is 0 Å². The van der Waals surface area contributed by atoms with E-state index in [0.29, 0.717) is 0 Å². The molecule has 7 heteroatoms. The molecule has 0 saturated carbocycles. The third-order valence-corrected chi connectivity index (χ3v) is 0. The van der Waals surface area contributed by atoms with E-state index in [1.165, 1.54) is 0 Å². The molecule has 0 atom stereocenters. The second kappa shape index (κ2) is 5.71. The van der Waals surface area contributed by atoms with Crippen molar-refractivity contribution >= 4 is 9.05 Å². The summed E-state index contributed by atoms with van der Waals surface area (Å²) in [5.74, 6) is 0. The molecule has 0 aliphatic heterocycles. The van der Waals surface area contributed by atoms with Gasteiger partial charge in [0.25, 0.3) is 0 Å². The van der Waals surface area contributed by atoms with E-state index in [2.05, 4.69) is 0 Å². The first kappa shape index (κ1) is 15.8. The van der Waals surface area contributed by atoms with Gasteiger partial charge in [-0.25, -0.2) is 0 Å². The van der Waals surface area contributed by atoms with Crippen LogP contribution in [0.3, 0.4) is 0 Å². The fraction of sp³-hybridized carbons (Fsp3) is 0. The van der Waals surface area contributed by atoms with Crippen molar-refractivity contribution in [2.75, 3.05) is 0 Å². The predicted octanol–water partition coefficient (Wildman–Crippen LogP) is -7.50. The fourth-order valence-electron chi connectivity index (χ4n) is 0. The van der Waals surface area contributed by atoms with Crippen LogP contribution >= 0.6 is 0 Å². The Bertz CT molecular complexity index is 27.2. The first-order valence-electron chi connectivity index (χ1n) is 0.836. The smallest absolute Gasteiger partial charge is 0.861 e. The van der Waals surface area contributed by atoms with Crippen LogP contribution in [0.4, 0.5) is 0 Å². The Morgan fingerprint density at radius 3 is 1.14 bits per heavy atom. The van der Waals surface area contributed by atoms with Crippen LogP contribution in [0.5, 0.6) is 0 Å². The Morgan fingerprint density at radius 1 is 1.14 bits per heavy atom. The maximum absolute atomic E-state index is 8.69. The number of hydrogen-bond acceptors (Lipinski definition) is 4. The van der Waals surface area contributed by atoms with Crippen molar-refractivity contribution in [1.82, 2.24) is 0 Å². The zero-order valence-electron chi connectivity index (χ0n) is 3.53. The van der Waals surface area contributed by atoms with Crippen LogP contribution < -0.4 is 43.9 Å². The molecule has 0 unspecified atom stereocenters. The zero-order valence-corrected chi connectivity index (χ0v) is 7.63. The van der Waals surface area contributed by atoms with Gasteiger partial charge in [-0.05, 0) is 0 Å². The minimum Gasteiger partial charge on any atom is -0.861 e. The third kappa shape index (κ3) is 94.8. The Labute approximate surface area is 74.4 Å². The summed E-state index contributed by atoms with van der Waals surface area (Å²) in [6.45, 7) is 0. The van der Waals surface area contributed by atoms with E-state index < -0.39 is 9.05 Å². The predicted molar refractivity (Wildman–Crippen MR) is 7.97 cm³/mol. The monoisotopic (exact) mass is 172 g/mol. The van der Waals surface area contributed by atoms with Gasteiger partial charge >= 0.3 is 46.6 Å². The van der Waals surface area contributed by atoms with E-state index in [9.17, 15) is 0 Å². The van der Waals surface area contributed by atoms with Crippen molar-refractivity contribution in [2.45, 2.75) is 0 Å². The molecule has 0 aliphatic carbocycles. The van der Waals surface area contributed by atoms with Gasteiger partial charge in [0, 0.05) is 0 Å². The molecule has 0 bridgehead atoms. The molecule has 0 saturated heterocycles. The second-order valence-electron chi connectivity index (χ2n) is 0.524. The van der Waals surface area contributed by atoms with Crippen molar-refractivity contribution in [3.63, 3.8) is 0 Å². The van der Waals surface area contributed by atoms with Crippen molar-refractivity contribution in [1.29, 1.82) is 0 Å². The van der Waals surface area contributed by atoms with Crippen LogP contribution in [0, 0.1) is 0 Å². The molecule has 0 aromatic rings. The summed E-state index contributed by atoms with van der Waals surface area (Å²) in [5.41, 5.74) is 0. The molecule has 0 heterocycles. The maximum atomic E-state index is 8.69. The molecule has 0 amide bonds. The van der Waals surface area contributed by atoms with Gasteiger partial charge in [-0.2, -0.15) is 0 Å². The minimum absolute atomic E-state index is 0. The number of hydrogen-bond donors (Lipinski definition) is 1. The molecule has 0 radical (unpaired) electrons. The van der Waals surface area contributed by atoms with Crippen LogP contribution in [-0.2, 0) is 17.1 Å². The van der Waals surface area contributed by atoms with E-state index in [0.717, 1.165) is 0 Å². The molecule has 38 valence electrons. The Balaban J connectivity index is -0.0000000800. The first-order valence-corrected chi connectivity index (χ1v) is 2.51. The number of rotatable bonds is 0. The summed E-state index contributed by atoms with van der Waals surface area (Å²) < 4.78 is 0. The summed E-state index contributed by atoms with van der Waals surface area (Å²) in [5, 5.41) is 0. The summed E-state index contributed by atoms with van der Waals surface area (Å²) in [4.78, 5) is 33.1. The molecule has 0 rings (SSSR count). The van der Waals surface area contributed by atoms with Gasteiger partial charge in [0.2, 0.25) is 0 Å². The zero-order chi connectivity index (χ0) is 4.50.